The van der Waals surface area contributed by atoms with Gasteiger partial charge in [-0.15, -0.1) is 0 Å². The van der Waals surface area contributed by atoms with E-state index in [1.165, 1.54) is 12.1 Å². The molecular formula is C20H15F2N3O. The van der Waals surface area contributed by atoms with Gasteiger partial charge in [0, 0.05) is 29.7 Å². The molecule has 4 rings (SSSR count). The summed E-state index contributed by atoms with van der Waals surface area (Å²) in [6.45, 7) is 0.405. The van der Waals surface area contributed by atoms with Crippen LogP contribution in [0.25, 0.3) is 11.1 Å². The molecule has 1 aliphatic rings. The first-order valence-electron chi connectivity index (χ1n) is 8.18. The van der Waals surface area contributed by atoms with Gasteiger partial charge in [-0.25, -0.2) is 8.78 Å². The van der Waals surface area contributed by atoms with Gasteiger partial charge < -0.3 is 4.90 Å². The highest BCUT2D eigenvalue weighted by atomic mass is 19.3. The monoisotopic (exact) mass is 351 g/mol. The highest BCUT2D eigenvalue weighted by Crippen LogP contribution is 2.33. The van der Waals surface area contributed by atoms with Gasteiger partial charge in [-0.2, -0.15) is 0 Å². The summed E-state index contributed by atoms with van der Waals surface area (Å²) in [5, 5.41) is 0. The van der Waals surface area contributed by atoms with Gasteiger partial charge in [0.2, 0.25) is 5.91 Å². The second-order valence-corrected chi connectivity index (χ2v) is 6.13. The molecule has 2 aromatic heterocycles. The van der Waals surface area contributed by atoms with E-state index in [2.05, 4.69) is 9.97 Å². The third-order valence-electron chi connectivity index (χ3n) is 4.39. The van der Waals surface area contributed by atoms with Crippen molar-refractivity contribution in [2.75, 3.05) is 4.90 Å². The molecule has 0 N–H and O–H groups in total. The Morgan fingerprint density at radius 2 is 1.96 bits per heavy atom. The molecule has 0 fully saturated rings. The van der Waals surface area contributed by atoms with Crippen LogP contribution >= 0.6 is 0 Å². The van der Waals surface area contributed by atoms with Crippen LogP contribution in [0.1, 0.15) is 23.2 Å². The molecule has 0 saturated heterocycles. The molecule has 6 heteroatoms. The zero-order valence-electron chi connectivity index (χ0n) is 13.8. The summed E-state index contributed by atoms with van der Waals surface area (Å²) in [6, 6.07) is 11.8. The van der Waals surface area contributed by atoms with Crippen LogP contribution in [0.15, 0.2) is 61.1 Å². The molecule has 1 amide bonds. The number of pyridine rings is 2. The van der Waals surface area contributed by atoms with Gasteiger partial charge in [0.05, 0.1) is 24.3 Å². The van der Waals surface area contributed by atoms with Gasteiger partial charge in [0.15, 0.2) is 0 Å². The van der Waals surface area contributed by atoms with Crippen LogP contribution in [-0.4, -0.2) is 15.9 Å². The molecule has 1 aliphatic heterocycles. The largest absolute Gasteiger partial charge is 0.306 e. The van der Waals surface area contributed by atoms with Crippen molar-refractivity contribution >= 4 is 11.6 Å². The molecule has 3 aromatic rings. The number of hydrogen-bond acceptors (Lipinski definition) is 3. The van der Waals surface area contributed by atoms with Crippen molar-refractivity contribution in [3.8, 4) is 11.1 Å². The normalized spacial score (nSPS) is 13.3. The van der Waals surface area contributed by atoms with Gasteiger partial charge in [-0.3, -0.25) is 14.8 Å². The van der Waals surface area contributed by atoms with Crippen molar-refractivity contribution in [3.05, 3.63) is 77.9 Å². The van der Waals surface area contributed by atoms with E-state index in [-0.39, 0.29) is 17.9 Å². The molecule has 0 saturated carbocycles. The van der Waals surface area contributed by atoms with Gasteiger partial charge in [-0.1, -0.05) is 24.3 Å². The van der Waals surface area contributed by atoms with E-state index >= 15 is 0 Å². The van der Waals surface area contributed by atoms with E-state index in [4.69, 9.17) is 0 Å². The Morgan fingerprint density at radius 1 is 1.08 bits per heavy atom. The van der Waals surface area contributed by atoms with Crippen LogP contribution in [0.4, 0.5) is 14.5 Å². The lowest BCUT2D eigenvalue weighted by Crippen LogP contribution is -2.26. The quantitative estimate of drug-likeness (QED) is 0.709. The minimum Gasteiger partial charge on any atom is -0.306 e. The molecule has 3 heterocycles. The summed E-state index contributed by atoms with van der Waals surface area (Å²) >= 11 is 0. The fourth-order valence-electron chi connectivity index (χ4n) is 3.08. The van der Waals surface area contributed by atoms with E-state index in [1.807, 2.05) is 18.2 Å². The number of rotatable bonds is 4. The number of halogens is 2. The lowest BCUT2D eigenvalue weighted by Gasteiger charge is -2.18. The minimum absolute atomic E-state index is 0.0326. The molecule has 0 bridgehead atoms. The van der Waals surface area contributed by atoms with Crippen molar-refractivity contribution in [1.82, 2.24) is 9.97 Å². The molecule has 4 nitrogen and oxygen atoms in total. The number of fused-ring (bicyclic) bond motifs is 1. The lowest BCUT2D eigenvalue weighted by molar-refractivity contribution is -0.117. The fourth-order valence-corrected chi connectivity index (χ4v) is 3.08. The number of alkyl halides is 2. The molecule has 0 spiro atoms. The number of anilines is 1. The average molecular weight is 351 g/mol. The first kappa shape index (κ1) is 16.3. The summed E-state index contributed by atoms with van der Waals surface area (Å²) in [5.41, 5.74) is 3.66. The summed E-state index contributed by atoms with van der Waals surface area (Å²) in [7, 11) is 0. The Labute approximate surface area is 149 Å². The predicted molar refractivity (Wildman–Crippen MR) is 93.8 cm³/mol. The number of aromatic nitrogens is 2. The molecule has 0 atom stereocenters. The van der Waals surface area contributed by atoms with Crippen molar-refractivity contribution < 1.29 is 13.6 Å². The van der Waals surface area contributed by atoms with E-state index < -0.39 is 6.43 Å². The summed E-state index contributed by atoms with van der Waals surface area (Å²) in [4.78, 5) is 22.5. The minimum atomic E-state index is -2.53. The van der Waals surface area contributed by atoms with E-state index in [9.17, 15) is 13.6 Å². The molecular weight excluding hydrogens is 336 g/mol. The van der Waals surface area contributed by atoms with Gasteiger partial charge in [-0.05, 0) is 29.3 Å². The van der Waals surface area contributed by atoms with Crippen molar-refractivity contribution in [1.29, 1.82) is 0 Å². The Morgan fingerprint density at radius 3 is 2.73 bits per heavy atom. The third-order valence-corrected chi connectivity index (χ3v) is 4.39. The highest BCUT2D eigenvalue weighted by molar-refractivity contribution is 6.01. The SMILES string of the molecule is O=C1Cc2ncc(-c3cccc(C(F)F)c3)cc2N1Cc1cccnc1. The number of carbonyl (C=O) groups excluding carboxylic acids is 1. The molecule has 1 aromatic carbocycles. The maximum absolute atomic E-state index is 13.0. The van der Waals surface area contributed by atoms with E-state index in [0.29, 0.717) is 23.4 Å². The molecule has 0 radical (unpaired) electrons. The summed E-state index contributed by atoms with van der Waals surface area (Å²) in [5.74, 6) is -0.0326. The van der Waals surface area contributed by atoms with Crippen LogP contribution in [0, 0.1) is 0 Å². The maximum Gasteiger partial charge on any atom is 0.263 e. The fraction of sp³-hybridized carbons (Fsp3) is 0.150. The van der Waals surface area contributed by atoms with E-state index in [0.717, 1.165) is 11.3 Å². The first-order chi connectivity index (χ1) is 12.6. The van der Waals surface area contributed by atoms with Crippen molar-refractivity contribution in [3.63, 3.8) is 0 Å². The first-order valence-corrected chi connectivity index (χ1v) is 8.18. The average Bonchev–Trinajstić information content (AvgIpc) is 2.97. The second kappa shape index (κ2) is 6.63. The Hall–Kier alpha value is -3.15. The van der Waals surface area contributed by atoms with Crippen molar-refractivity contribution in [2.45, 2.75) is 19.4 Å². The second-order valence-electron chi connectivity index (χ2n) is 6.13. The van der Waals surface area contributed by atoms with Gasteiger partial charge in [0.25, 0.3) is 6.43 Å². The van der Waals surface area contributed by atoms with Crippen LogP contribution in [0.3, 0.4) is 0 Å². The molecule has 130 valence electrons. The smallest absolute Gasteiger partial charge is 0.263 e. The predicted octanol–water partition coefficient (Wildman–Crippen LogP) is 4.17. The number of amides is 1. The Kier molecular flexibility index (Phi) is 4.16. The Bertz CT molecular complexity index is 960. The number of nitrogens with zero attached hydrogens (tertiary/aromatic N) is 3. The highest BCUT2D eigenvalue weighted by Gasteiger charge is 2.29. The van der Waals surface area contributed by atoms with Gasteiger partial charge >= 0.3 is 0 Å². The molecule has 26 heavy (non-hydrogen) atoms. The zero-order valence-corrected chi connectivity index (χ0v) is 13.8. The van der Waals surface area contributed by atoms with Crippen LogP contribution in [0.5, 0.6) is 0 Å². The Balaban J connectivity index is 1.70. The lowest BCUT2D eigenvalue weighted by atomic mass is 10.0. The van der Waals surface area contributed by atoms with Crippen molar-refractivity contribution in [2.24, 2.45) is 0 Å². The number of hydrogen-bond donors (Lipinski definition) is 0. The topological polar surface area (TPSA) is 46.1 Å². The van der Waals surface area contributed by atoms with Crippen LogP contribution in [-0.2, 0) is 17.8 Å². The maximum atomic E-state index is 13.0. The van der Waals surface area contributed by atoms with Gasteiger partial charge in [0.1, 0.15) is 0 Å². The summed E-state index contributed by atoms with van der Waals surface area (Å²) in [6.07, 6.45) is 2.74. The van der Waals surface area contributed by atoms with E-state index in [1.54, 1.807) is 35.6 Å². The number of benzene rings is 1. The molecule has 0 unspecified atom stereocenters. The standard InChI is InChI=1S/C20H15F2N3O/c21-20(22)15-5-1-4-14(7-15)16-8-18-17(24-11-16)9-19(26)25(18)12-13-3-2-6-23-10-13/h1-8,10-11,20H,9,12H2. The third kappa shape index (κ3) is 3.06. The van der Waals surface area contributed by atoms with Crippen LogP contribution < -0.4 is 4.90 Å². The van der Waals surface area contributed by atoms with Crippen LogP contribution in [0.2, 0.25) is 0 Å². The zero-order chi connectivity index (χ0) is 18.1. The molecule has 0 aliphatic carbocycles. The summed E-state index contributed by atoms with van der Waals surface area (Å²) < 4.78 is 25.9. The number of carbonyl (C=O) groups is 1.